The highest BCUT2D eigenvalue weighted by atomic mass is 35.5. The normalized spacial score (nSPS) is 10.4. The van der Waals surface area contributed by atoms with Crippen LogP contribution in [0.5, 0.6) is 5.75 Å². The van der Waals surface area contributed by atoms with E-state index in [4.69, 9.17) is 22.1 Å². The minimum absolute atomic E-state index is 0.283. The van der Waals surface area contributed by atoms with Crippen LogP contribution in [0.2, 0.25) is 5.02 Å². The predicted octanol–water partition coefficient (Wildman–Crippen LogP) is 3.52. The van der Waals surface area contributed by atoms with Gasteiger partial charge in [0.2, 0.25) is 0 Å². The lowest BCUT2D eigenvalue weighted by molar-refractivity contribution is 0.304. The molecule has 0 heterocycles. The van der Waals surface area contributed by atoms with E-state index in [-0.39, 0.29) is 12.4 Å². The van der Waals surface area contributed by atoms with Gasteiger partial charge < -0.3 is 10.5 Å². The highest BCUT2D eigenvalue weighted by molar-refractivity contribution is 6.30. The highest BCUT2D eigenvalue weighted by Crippen LogP contribution is 2.18. The molecule has 0 fully saturated rings. The fraction of sp³-hybridized carbons (Fsp3) is 0.143. The van der Waals surface area contributed by atoms with E-state index in [1.807, 2.05) is 18.2 Å². The lowest BCUT2D eigenvalue weighted by Gasteiger charge is -2.08. The van der Waals surface area contributed by atoms with Crippen molar-refractivity contribution in [2.24, 2.45) is 5.73 Å². The van der Waals surface area contributed by atoms with Gasteiger partial charge in [0.15, 0.2) is 0 Å². The van der Waals surface area contributed by atoms with Gasteiger partial charge in [0.25, 0.3) is 0 Å². The van der Waals surface area contributed by atoms with Crippen molar-refractivity contribution in [3.8, 4) is 5.75 Å². The smallest absolute Gasteiger partial charge is 0.127 e. The summed E-state index contributed by atoms with van der Waals surface area (Å²) >= 11 is 5.87. The Labute approximate surface area is 110 Å². The van der Waals surface area contributed by atoms with Crippen molar-refractivity contribution in [2.75, 3.05) is 0 Å². The molecule has 94 valence electrons. The largest absolute Gasteiger partial charge is 0.489 e. The van der Waals surface area contributed by atoms with Crippen LogP contribution in [0, 0.1) is 5.82 Å². The van der Waals surface area contributed by atoms with E-state index in [2.05, 4.69) is 0 Å². The second-order valence-electron chi connectivity index (χ2n) is 3.92. The van der Waals surface area contributed by atoms with Crippen molar-refractivity contribution in [2.45, 2.75) is 13.2 Å². The van der Waals surface area contributed by atoms with E-state index < -0.39 is 0 Å². The molecule has 0 atom stereocenters. The van der Waals surface area contributed by atoms with E-state index in [0.29, 0.717) is 22.9 Å². The summed E-state index contributed by atoms with van der Waals surface area (Å²) in [5, 5.41) is 0.651. The Morgan fingerprint density at radius 3 is 2.67 bits per heavy atom. The zero-order chi connectivity index (χ0) is 13.0. The number of ether oxygens (including phenoxy) is 1. The van der Waals surface area contributed by atoms with Crippen LogP contribution in [0.15, 0.2) is 42.5 Å². The maximum Gasteiger partial charge on any atom is 0.127 e. The van der Waals surface area contributed by atoms with E-state index in [0.717, 1.165) is 5.56 Å². The number of hydrogen-bond acceptors (Lipinski definition) is 2. The van der Waals surface area contributed by atoms with Crippen LogP contribution in [0.25, 0.3) is 0 Å². The number of benzene rings is 2. The van der Waals surface area contributed by atoms with E-state index >= 15 is 0 Å². The second kappa shape index (κ2) is 5.85. The molecule has 0 aliphatic carbocycles. The van der Waals surface area contributed by atoms with Crippen molar-refractivity contribution in [3.63, 3.8) is 0 Å². The maximum absolute atomic E-state index is 13.2. The Balaban J connectivity index is 2.08. The molecule has 0 bridgehead atoms. The molecule has 0 aliphatic heterocycles. The van der Waals surface area contributed by atoms with Gasteiger partial charge in [-0.05, 0) is 35.4 Å². The van der Waals surface area contributed by atoms with Crippen molar-refractivity contribution in [3.05, 3.63) is 64.4 Å². The van der Waals surface area contributed by atoms with Gasteiger partial charge in [-0.1, -0.05) is 23.7 Å². The van der Waals surface area contributed by atoms with Crippen LogP contribution < -0.4 is 10.5 Å². The zero-order valence-corrected chi connectivity index (χ0v) is 10.5. The molecule has 0 saturated carbocycles. The summed E-state index contributed by atoms with van der Waals surface area (Å²) in [4.78, 5) is 0. The van der Waals surface area contributed by atoms with Crippen LogP contribution in [0.1, 0.15) is 11.1 Å². The minimum atomic E-state index is -0.348. The first-order valence-corrected chi connectivity index (χ1v) is 5.92. The summed E-state index contributed by atoms with van der Waals surface area (Å²) in [6.07, 6.45) is 0. The average molecular weight is 266 g/mol. The van der Waals surface area contributed by atoms with Crippen LogP contribution in [0.3, 0.4) is 0 Å². The SMILES string of the molecule is NCc1cc(F)cc(OCc2cccc(Cl)c2)c1. The molecular formula is C14H13ClFNO. The molecule has 0 radical (unpaired) electrons. The van der Waals surface area contributed by atoms with Gasteiger partial charge in [0.1, 0.15) is 18.2 Å². The number of nitrogens with two attached hydrogens (primary N) is 1. The average Bonchev–Trinajstić information content (AvgIpc) is 2.36. The van der Waals surface area contributed by atoms with Gasteiger partial charge in [-0.15, -0.1) is 0 Å². The Morgan fingerprint density at radius 1 is 1.11 bits per heavy atom. The third-order valence-corrected chi connectivity index (χ3v) is 2.70. The van der Waals surface area contributed by atoms with Gasteiger partial charge in [-0.2, -0.15) is 0 Å². The minimum Gasteiger partial charge on any atom is -0.489 e. The Morgan fingerprint density at radius 2 is 1.94 bits per heavy atom. The van der Waals surface area contributed by atoms with Gasteiger partial charge in [-0.25, -0.2) is 4.39 Å². The molecule has 0 spiro atoms. The van der Waals surface area contributed by atoms with Crippen molar-refractivity contribution >= 4 is 11.6 Å². The molecule has 18 heavy (non-hydrogen) atoms. The molecule has 2 aromatic carbocycles. The molecule has 0 aliphatic rings. The van der Waals surface area contributed by atoms with Crippen molar-refractivity contribution < 1.29 is 9.13 Å². The lowest BCUT2D eigenvalue weighted by Crippen LogP contribution is -2.00. The summed E-state index contributed by atoms with van der Waals surface area (Å²) in [5.74, 6) is 0.120. The van der Waals surface area contributed by atoms with Crippen LogP contribution in [-0.2, 0) is 13.2 Å². The first-order valence-electron chi connectivity index (χ1n) is 5.54. The Kier molecular flexibility index (Phi) is 4.18. The number of rotatable bonds is 4. The highest BCUT2D eigenvalue weighted by Gasteiger charge is 2.02. The first-order chi connectivity index (χ1) is 8.67. The molecule has 0 saturated heterocycles. The number of halogens is 2. The van der Waals surface area contributed by atoms with E-state index in [1.54, 1.807) is 12.1 Å². The summed E-state index contributed by atoms with van der Waals surface area (Å²) in [5.41, 5.74) is 7.11. The molecule has 2 rings (SSSR count). The van der Waals surface area contributed by atoms with Gasteiger partial charge in [-0.3, -0.25) is 0 Å². The topological polar surface area (TPSA) is 35.2 Å². The fourth-order valence-electron chi connectivity index (χ4n) is 1.62. The Hall–Kier alpha value is -1.58. The van der Waals surface area contributed by atoms with Gasteiger partial charge in [0.05, 0.1) is 0 Å². The van der Waals surface area contributed by atoms with Gasteiger partial charge in [0, 0.05) is 17.6 Å². The quantitative estimate of drug-likeness (QED) is 0.918. The monoisotopic (exact) mass is 265 g/mol. The second-order valence-corrected chi connectivity index (χ2v) is 4.35. The lowest BCUT2D eigenvalue weighted by atomic mass is 10.2. The first kappa shape index (κ1) is 12.9. The van der Waals surface area contributed by atoms with Crippen LogP contribution in [0.4, 0.5) is 4.39 Å². The summed E-state index contributed by atoms with van der Waals surface area (Å²) in [6.45, 7) is 0.624. The molecule has 2 N–H and O–H groups in total. The zero-order valence-electron chi connectivity index (χ0n) is 9.70. The van der Waals surface area contributed by atoms with Crippen LogP contribution >= 0.6 is 11.6 Å². The Bertz CT molecular complexity index is 545. The van der Waals surface area contributed by atoms with E-state index in [1.165, 1.54) is 12.1 Å². The third-order valence-electron chi connectivity index (χ3n) is 2.46. The number of hydrogen-bond donors (Lipinski definition) is 1. The van der Waals surface area contributed by atoms with Gasteiger partial charge >= 0.3 is 0 Å². The predicted molar refractivity (Wildman–Crippen MR) is 70.1 cm³/mol. The fourth-order valence-corrected chi connectivity index (χ4v) is 1.83. The summed E-state index contributed by atoms with van der Waals surface area (Å²) in [7, 11) is 0. The third kappa shape index (κ3) is 3.45. The van der Waals surface area contributed by atoms with E-state index in [9.17, 15) is 4.39 Å². The maximum atomic E-state index is 13.2. The molecule has 2 nitrogen and oxygen atoms in total. The molecular weight excluding hydrogens is 253 g/mol. The van der Waals surface area contributed by atoms with Crippen molar-refractivity contribution in [1.29, 1.82) is 0 Å². The summed E-state index contributed by atoms with van der Waals surface area (Å²) < 4.78 is 18.8. The molecule has 0 unspecified atom stereocenters. The van der Waals surface area contributed by atoms with Crippen molar-refractivity contribution in [1.82, 2.24) is 0 Å². The molecule has 0 aromatic heterocycles. The molecule has 2 aromatic rings. The molecule has 4 heteroatoms. The standard InChI is InChI=1S/C14H13ClFNO/c15-12-3-1-2-10(4-12)9-18-14-6-11(8-17)5-13(16)7-14/h1-7H,8-9,17H2. The summed E-state index contributed by atoms with van der Waals surface area (Å²) in [6, 6.07) is 11.8. The molecule has 0 amide bonds. The van der Waals surface area contributed by atoms with Crippen LogP contribution in [-0.4, -0.2) is 0 Å².